The molecule has 1 aliphatic heterocycles. The first-order chi connectivity index (χ1) is 16.3. The molecular weight excluding hydrogens is 449 g/mol. The van der Waals surface area contributed by atoms with Crippen molar-refractivity contribution in [1.82, 2.24) is 9.88 Å². The fourth-order valence-electron chi connectivity index (χ4n) is 3.71. The van der Waals surface area contributed by atoms with Crippen LogP contribution in [0.15, 0.2) is 55.3 Å². The lowest BCUT2D eigenvalue weighted by Gasteiger charge is -2.24. The maximum atomic E-state index is 12.9. The van der Waals surface area contributed by atoms with Gasteiger partial charge < -0.3 is 20.1 Å². The van der Waals surface area contributed by atoms with E-state index in [4.69, 9.17) is 4.74 Å². The molecule has 7 nitrogen and oxygen atoms in total. The number of halogens is 3. The van der Waals surface area contributed by atoms with E-state index in [1.54, 1.807) is 18.2 Å². The predicted octanol–water partition coefficient (Wildman–Crippen LogP) is 3.43. The quantitative estimate of drug-likeness (QED) is 0.425. The van der Waals surface area contributed by atoms with Gasteiger partial charge in [0.05, 0.1) is 36.8 Å². The zero-order valence-electron chi connectivity index (χ0n) is 18.8. The fourth-order valence-corrected chi connectivity index (χ4v) is 3.71. The number of rotatable bonds is 9. The van der Waals surface area contributed by atoms with E-state index in [1.165, 1.54) is 18.3 Å². The molecule has 1 aromatic heterocycles. The van der Waals surface area contributed by atoms with Gasteiger partial charge in [0.2, 0.25) is 0 Å². The summed E-state index contributed by atoms with van der Waals surface area (Å²) >= 11 is 0. The van der Waals surface area contributed by atoms with E-state index < -0.39 is 23.8 Å². The summed E-state index contributed by atoms with van der Waals surface area (Å²) in [6, 6.07) is 7.73. The van der Waals surface area contributed by atoms with Gasteiger partial charge in [0.15, 0.2) is 0 Å². The number of ether oxygens (including phenoxy) is 1. The van der Waals surface area contributed by atoms with Crippen molar-refractivity contribution >= 4 is 17.4 Å². The average Bonchev–Trinajstić information content (AvgIpc) is 3.05. The molecule has 0 aliphatic carbocycles. The van der Waals surface area contributed by atoms with Gasteiger partial charge in [-0.15, -0.1) is 6.58 Å². The second kappa shape index (κ2) is 12.0. The van der Waals surface area contributed by atoms with Crippen molar-refractivity contribution in [3.8, 4) is 0 Å². The third-order valence-corrected chi connectivity index (χ3v) is 5.39. The highest BCUT2D eigenvalue weighted by molar-refractivity contribution is 6.04. The van der Waals surface area contributed by atoms with E-state index in [0.717, 1.165) is 50.6 Å². The summed E-state index contributed by atoms with van der Waals surface area (Å²) in [6.07, 6.45) is -1.05. The monoisotopic (exact) mass is 478 g/mol. The number of nitrogens with one attached hydrogen (secondary N) is 1. The summed E-state index contributed by atoms with van der Waals surface area (Å²) in [5.41, 5.74) is -0.561. The summed E-state index contributed by atoms with van der Waals surface area (Å²) in [5.74, 6) is 0.107. The molecule has 0 radical (unpaired) electrons. The van der Waals surface area contributed by atoms with Crippen molar-refractivity contribution in [2.45, 2.75) is 18.7 Å². The molecule has 1 aliphatic rings. The number of carbonyl (C=O) groups is 1. The molecule has 0 saturated carbocycles. The average molecular weight is 479 g/mol. The highest BCUT2D eigenvalue weighted by Gasteiger charge is 2.31. The molecule has 184 valence electrons. The largest absolute Gasteiger partial charge is 0.416 e. The van der Waals surface area contributed by atoms with Gasteiger partial charge in [0.1, 0.15) is 5.82 Å². The SMILES string of the molecule is C=CCOC[C@@H](O)CN1CCCN(c2ccc(NC(=O)c3cccc(C(F)(F)F)c3)cn2)CC1. The van der Waals surface area contributed by atoms with Crippen LogP contribution in [0.25, 0.3) is 0 Å². The highest BCUT2D eigenvalue weighted by atomic mass is 19.4. The molecular formula is C24H29F3N4O3. The van der Waals surface area contributed by atoms with E-state index in [0.29, 0.717) is 18.8 Å². The first-order valence-corrected chi connectivity index (χ1v) is 11.0. The molecule has 1 atom stereocenters. The number of nitrogens with zero attached hydrogens (tertiary/aromatic N) is 3. The lowest BCUT2D eigenvalue weighted by atomic mass is 10.1. The number of carbonyl (C=O) groups excluding carboxylic acids is 1. The Labute approximate surface area is 196 Å². The van der Waals surface area contributed by atoms with Crippen LogP contribution in [0.1, 0.15) is 22.3 Å². The summed E-state index contributed by atoms with van der Waals surface area (Å²) in [7, 11) is 0. The Hall–Kier alpha value is -2.95. The number of β-amino-alcohol motifs (C(OH)–C–C–N with tert-alkyl or cyclic N) is 1. The molecule has 10 heteroatoms. The van der Waals surface area contributed by atoms with Gasteiger partial charge >= 0.3 is 6.18 Å². The zero-order valence-corrected chi connectivity index (χ0v) is 18.8. The smallest absolute Gasteiger partial charge is 0.389 e. The van der Waals surface area contributed by atoms with Crippen LogP contribution >= 0.6 is 0 Å². The third-order valence-electron chi connectivity index (χ3n) is 5.39. The summed E-state index contributed by atoms with van der Waals surface area (Å²) in [5, 5.41) is 12.7. The van der Waals surface area contributed by atoms with Gasteiger partial charge in [-0.1, -0.05) is 12.1 Å². The van der Waals surface area contributed by atoms with E-state index >= 15 is 0 Å². The predicted molar refractivity (Wildman–Crippen MR) is 124 cm³/mol. The van der Waals surface area contributed by atoms with Gasteiger partial charge in [0, 0.05) is 31.7 Å². The minimum atomic E-state index is -4.51. The normalized spacial score (nSPS) is 16.1. The first kappa shape index (κ1) is 25.7. The van der Waals surface area contributed by atoms with Crippen LogP contribution in [0.5, 0.6) is 0 Å². The van der Waals surface area contributed by atoms with E-state index in [2.05, 4.69) is 26.7 Å². The van der Waals surface area contributed by atoms with E-state index in [1.807, 2.05) is 0 Å². The van der Waals surface area contributed by atoms with Crippen molar-refractivity contribution in [3.63, 3.8) is 0 Å². The van der Waals surface area contributed by atoms with Gasteiger partial charge in [-0.05, 0) is 43.3 Å². The Balaban J connectivity index is 1.53. The van der Waals surface area contributed by atoms with Crippen LogP contribution in [0.3, 0.4) is 0 Å². The molecule has 2 heterocycles. The minimum absolute atomic E-state index is 0.0800. The van der Waals surface area contributed by atoms with Crippen LogP contribution in [0.4, 0.5) is 24.7 Å². The highest BCUT2D eigenvalue weighted by Crippen LogP contribution is 2.29. The molecule has 34 heavy (non-hydrogen) atoms. The van der Waals surface area contributed by atoms with Crippen molar-refractivity contribution < 1.29 is 27.8 Å². The molecule has 2 N–H and O–H groups in total. The maximum absolute atomic E-state index is 12.9. The Morgan fingerprint density at radius 2 is 2.06 bits per heavy atom. The maximum Gasteiger partial charge on any atom is 0.416 e. The molecule has 1 aromatic carbocycles. The number of hydrogen-bond acceptors (Lipinski definition) is 6. The summed E-state index contributed by atoms with van der Waals surface area (Å²) < 4.78 is 44.0. The van der Waals surface area contributed by atoms with E-state index in [9.17, 15) is 23.1 Å². The summed E-state index contributed by atoms with van der Waals surface area (Å²) in [6.45, 7) is 7.91. The number of pyridine rings is 1. The number of hydrogen-bond donors (Lipinski definition) is 2. The number of amides is 1. The number of aliphatic hydroxyl groups excluding tert-OH is 1. The molecule has 1 fully saturated rings. The Morgan fingerprint density at radius 3 is 2.76 bits per heavy atom. The Bertz CT molecular complexity index is 953. The molecule has 1 amide bonds. The van der Waals surface area contributed by atoms with Gasteiger partial charge in [-0.2, -0.15) is 13.2 Å². The molecule has 0 bridgehead atoms. The first-order valence-electron chi connectivity index (χ1n) is 11.0. The molecule has 3 rings (SSSR count). The molecule has 0 unspecified atom stereocenters. The van der Waals surface area contributed by atoms with Crippen LogP contribution < -0.4 is 10.2 Å². The zero-order chi connectivity index (χ0) is 24.6. The summed E-state index contributed by atoms with van der Waals surface area (Å²) in [4.78, 5) is 21.1. The number of benzene rings is 1. The molecule has 1 saturated heterocycles. The van der Waals surface area contributed by atoms with Crippen LogP contribution in [-0.4, -0.2) is 72.9 Å². The lowest BCUT2D eigenvalue weighted by Crippen LogP contribution is -2.37. The Morgan fingerprint density at radius 1 is 1.24 bits per heavy atom. The second-order valence-corrected chi connectivity index (χ2v) is 8.06. The van der Waals surface area contributed by atoms with Crippen molar-refractivity contribution in [2.75, 3.05) is 56.2 Å². The van der Waals surface area contributed by atoms with Gasteiger partial charge in [0.25, 0.3) is 5.91 Å². The van der Waals surface area contributed by atoms with Gasteiger partial charge in [-0.3, -0.25) is 9.69 Å². The topological polar surface area (TPSA) is 77.9 Å². The van der Waals surface area contributed by atoms with Crippen molar-refractivity contribution in [2.24, 2.45) is 0 Å². The second-order valence-electron chi connectivity index (χ2n) is 8.06. The third kappa shape index (κ3) is 7.54. The van der Waals surface area contributed by atoms with Crippen molar-refractivity contribution in [3.05, 3.63) is 66.4 Å². The molecule has 2 aromatic rings. The number of aromatic nitrogens is 1. The Kier molecular flexibility index (Phi) is 9.03. The fraction of sp³-hybridized carbons (Fsp3) is 0.417. The minimum Gasteiger partial charge on any atom is -0.389 e. The number of alkyl halides is 3. The number of anilines is 2. The lowest BCUT2D eigenvalue weighted by molar-refractivity contribution is -0.137. The van der Waals surface area contributed by atoms with Crippen LogP contribution in [0, 0.1) is 0 Å². The standard InChI is InChI=1S/C24H29F3N4O3/c1-2-13-34-17-21(32)16-30-9-4-10-31(12-11-30)22-8-7-20(15-28-22)29-23(33)18-5-3-6-19(14-18)24(25,26)27/h2-3,5-8,14-15,21,32H,1,4,9-13,16-17H2,(H,29,33)/t21-/m0/s1. The van der Waals surface area contributed by atoms with Gasteiger partial charge in [-0.25, -0.2) is 4.98 Å². The van der Waals surface area contributed by atoms with Crippen LogP contribution in [-0.2, 0) is 10.9 Å². The molecule has 0 spiro atoms. The van der Waals surface area contributed by atoms with Crippen molar-refractivity contribution in [1.29, 1.82) is 0 Å². The van der Waals surface area contributed by atoms with E-state index in [-0.39, 0.29) is 12.2 Å². The number of aliphatic hydroxyl groups is 1. The van der Waals surface area contributed by atoms with Crippen LogP contribution in [0.2, 0.25) is 0 Å².